The number of nitrogens with zero attached hydrogens (tertiary/aromatic N) is 2. The van der Waals surface area contributed by atoms with Gasteiger partial charge in [-0.1, -0.05) is 30.3 Å². The van der Waals surface area contributed by atoms with E-state index in [1.807, 2.05) is 22.9 Å². The van der Waals surface area contributed by atoms with Crippen molar-refractivity contribution in [2.75, 3.05) is 0 Å². The molecular weight excluding hydrogens is 224 g/mol. The van der Waals surface area contributed by atoms with Crippen molar-refractivity contribution in [3.05, 3.63) is 41.6 Å². The number of aromatic nitrogens is 2. The Morgan fingerprint density at radius 3 is 2.83 bits per heavy atom. The van der Waals surface area contributed by atoms with Crippen LogP contribution >= 0.6 is 0 Å². The van der Waals surface area contributed by atoms with Gasteiger partial charge in [0, 0.05) is 29.8 Å². The van der Waals surface area contributed by atoms with Crippen molar-refractivity contribution in [3.8, 4) is 11.3 Å². The zero-order valence-corrected chi connectivity index (χ0v) is 10.3. The SMILES string of the molecule is O=CCCn1nc(-c2ccccc2)c2c1CCC2. The second kappa shape index (κ2) is 4.77. The summed E-state index contributed by atoms with van der Waals surface area (Å²) in [6.45, 7) is 0.707. The molecule has 1 aromatic carbocycles. The van der Waals surface area contributed by atoms with Crippen LogP contribution in [0, 0.1) is 0 Å². The topological polar surface area (TPSA) is 34.9 Å². The average molecular weight is 240 g/mol. The van der Waals surface area contributed by atoms with Gasteiger partial charge in [0.2, 0.25) is 0 Å². The molecule has 3 nitrogen and oxygen atoms in total. The molecule has 0 bridgehead atoms. The predicted octanol–water partition coefficient (Wildman–Crippen LogP) is 2.63. The maximum atomic E-state index is 10.5. The molecule has 0 aliphatic heterocycles. The Labute approximate surface area is 106 Å². The summed E-state index contributed by atoms with van der Waals surface area (Å²) in [6.07, 6.45) is 4.91. The van der Waals surface area contributed by atoms with Crippen LogP contribution in [0.15, 0.2) is 30.3 Å². The Kier molecular flexibility index (Phi) is 2.97. The van der Waals surface area contributed by atoms with Gasteiger partial charge in [-0.3, -0.25) is 4.68 Å². The monoisotopic (exact) mass is 240 g/mol. The van der Waals surface area contributed by atoms with Crippen LogP contribution in [-0.4, -0.2) is 16.1 Å². The summed E-state index contributed by atoms with van der Waals surface area (Å²) in [7, 11) is 0. The molecule has 1 aliphatic rings. The molecule has 0 amide bonds. The van der Waals surface area contributed by atoms with Crippen LogP contribution in [0.4, 0.5) is 0 Å². The van der Waals surface area contributed by atoms with Crippen LogP contribution in [-0.2, 0) is 24.2 Å². The highest BCUT2D eigenvalue weighted by atomic mass is 16.1. The molecule has 2 aromatic rings. The van der Waals surface area contributed by atoms with Gasteiger partial charge in [-0.2, -0.15) is 5.10 Å². The number of benzene rings is 1. The highest BCUT2D eigenvalue weighted by Gasteiger charge is 2.22. The Hall–Kier alpha value is -1.90. The minimum Gasteiger partial charge on any atom is -0.303 e. The maximum Gasteiger partial charge on any atom is 0.121 e. The molecule has 1 aromatic heterocycles. The average Bonchev–Trinajstić information content (AvgIpc) is 3.00. The molecule has 0 N–H and O–H groups in total. The van der Waals surface area contributed by atoms with Gasteiger partial charge in [-0.25, -0.2) is 0 Å². The molecule has 0 spiro atoms. The van der Waals surface area contributed by atoms with E-state index < -0.39 is 0 Å². The zero-order valence-electron chi connectivity index (χ0n) is 10.3. The van der Waals surface area contributed by atoms with Gasteiger partial charge in [0.1, 0.15) is 6.29 Å². The summed E-state index contributed by atoms with van der Waals surface area (Å²) in [5, 5.41) is 4.70. The minimum atomic E-state index is 0.544. The van der Waals surface area contributed by atoms with Crippen LogP contribution in [0.25, 0.3) is 11.3 Å². The lowest BCUT2D eigenvalue weighted by atomic mass is 10.1. The van der Waals surface area contributed by atoms with Crippen molar-refractivity contribution < 1.29 is 4.79 Å². The van der Waals surface area contributed by atoms with E-state index in [2.05, 4.69) is 12.1 Å². The largest absolute Gasteiger partial charge is 0.303 e. The molecule has 0 radical (unpaired) electrons. The molecule has 0 fully saturated rings. The van der Waals surface area contributed by atoms with E-state index in [1.54, 1.807) is 0 Å². The number of hydrogen-bond acceptors (Lipinski definition) is 2. The lowest BCUT2D eigenvalue weighted by molar-refractivity contribution is -0.108. The van der Waals surface area contributed by atoms with Gasteiger partial charge in [-0.05, 0) is 19.3 Å². The van der Waals surface area contributed by atoms with Gasteiger partial charge in [0.15, 0.2) is 0 Å². The van der Waals surface area contributed by atoms with Gasteiger partial charge in [-0.15, -0.1) is 0 Å². The fraction of sp³-hybridized carbons (Fsp3) is 0.333. The van der Waals surface area contributed by atoms with Crippen LogP contribution in [0.2, 0.25) is 0 Å². The zero-order chi connectivity index (χ0) is 12.4. The smallest absolute Gasteiger partial charge is 0.121 e. The van der Waals surface area contributed by atoms with Crippen molar-refractivity contribution in [2.45, 2.75) is 32.2 Å². The molecule has 1 aliphatic carbocycles. The van der Waals surface area contributed by atoms with Gasteiger partial charge < -0.3 is 4.79 Å². The molecule has 0 saturated carbocycles. The summed E-state index contributed by atoms with van der Waals surface area (Å²) < 4.78 is 2.03. The third-order valence-corrected chi connectivity index (χ3v) is 3.51. The van der Waals surface area contributed by atoms with Crippen molar-refractivity contribution in [1.82, 2.24) is 9.78 Å². The summed E-state index contributed by atoms with van der Waals surface area (Å²) in [4.78, 5) is 10.5. The number of aryl methyl sites for hydroxylation is 1. The Morgan fingerprint density at radius 2 is 2.06 bits per heavy atom. The first kappa shape index (κ1) is 11.2. The van der Waals surface area contributed by atoms with E-state index in [0.717, 1.165) is 24.8 Å². The van der Waals surface area contributed by atoms with Crippen molar-refractivity contribution in [1.29, 1.82) is 0 Å². The lowest BCUT2D eigenvalue weighted by Gasteiger charge is -2.01. The highest BCUT2D eigenvalue weighted by molar-refractivity contribution is 5.65. The minimum absolute atomic E-state index is 0.544. The summed E-state index contributed by atoms with van der Waals surface area (Å²) in [5.41, 5.74) is 5.00. The first-order valence-electron chi connectivity index (χ1n) is 6.48. The van der Waals surface area contributed by atoms with Crippen LogP contribution in [0.3, 0.4) is 0 Å². The molecule has 18 heavy (non-hydrogen) atoms. The van der Waals surface area contributed by atoms with Gasteiger partial charge >= 0.3 is 0 Å². The number of hydrogen-bond donors (Lipinski definition) is 0. The van der Waals surface area contributed by atoms with Crippen LogP contribution < -0.4 is 0 Å². The van der Waals surface area contributed by atoms with E-state index >= 15 is 0 Å². The molecule has 3 heteroatoms. The van der Waals surface area contributed by atoms with E-state index in [1.165, 1.54) is 23.2 Å². The second-order valence-corrected chi connectivity index (χ2v) is 4.67. The van der Waals surface area contributed by atoms with E-state index in [-0.39, 0.29) is 0 Å². The first-order valence-corrected chi connectivity index (χ1v) is 6.48. The van der Waals surface area contributed by atoms with Crippen molar-refractivity contribution >= 4 is 6.29 Å². The summed E-state index contributed by atoms with van der Waals surface area (Å²) in [6, 6.07) is 10.3. The summed E-state index contributed by atoms with van der Waals surface area (Å²) >= 11 is 0. The number of rotatable bonds is 4. The number of carbonyl (C=O) groups excluding carboxylic acids is 1. The molecule has 92 valence electrons. The predicted molar refractivity (Wildman–Crippen MR) is 70.4 cm³/mol. The van der Waals surface area contributed by atoms with E-state index in [4.69, 9.17) is 5.10 Å². The molecule has 1 heterocycles. The second-order valence-electron chi connectivity index (χ2n) is 4.67. The standard InChI is InChI=1S/C15H16N2O/c18-11-5-10-17-14-9-4-8-13(14)15(16-17)12-6-2-1-3-7-12/h1-3,6-7,11H,4-5,8-10H2. The molecule has 0 unspecified atom stereocenters. The molecule has 0 saturated heterocycles. The van der Waals surface area contributed by atoms with Crippen LogP contribution in [0.5, 0.6) is 0 Å². The fourth-order valence-corrected chi connectivity index (χ4v) is 2.70. The number of carbonyl (C=O) groups is 1. The molecule has 3 rings (SSSR count). The molecule has 0 atom stereocenters. The summed E-state index contributed by atoms with van der Waals surface area (Å²) in [5.74, 6) is 0. The Bertz CT molecular complexity index is 557. The van der Waals surface area contributed by atoms with Gasteiger partial charge in [0.05, 0.1) is 5.69 Å². The van der Waals surface area contributed by atoms with E-state index in [9.17, 15) is 4.79 Å². The molecular formula is C15H16N2O. The van der Waals surface area contributed by atoms with Crippen molar-refractivity contribution in [3.63, 3.8) is 0 Å². The first-order chi connectivity index (χ1) is 8.90. The van der Waals surface area contributed by atoms with Gasteiger partial charge in [0.25, 0.3) is 0 Å². The van der Waals surface area contributed by atoms with Crippen molar-refractivity contribution in [2.24, 2.45) is 0 Å². The third kappa shape index (κ3) is 1.86. The normalized spacial score (nSPS) is 13.6. The quantitative estimate of drug-likeness (QED) is 0.770. The fourth-order valence-electron chi connectivity index (χ4n) is 2.70. The lowest BCUT2D eigenvalue weighted by Crippen LogP contribution is -2.04. The van der Waals surface area contributed by atoms with Crippen LogP contribution in [0.1, 0.15) is 24.1 Å². The third-order valence-electron chi connectivity index (χ3n) is 3.51. The number of fused-ring (bicyclic) bond motifs is 1. The Morgan fingerprint density at radius 1 is 1.22 bits per heavy atom. The highest BCUT2D eigenvalue weighted by Crippen LogP contribution is 2.31. The Balaban J connectivity index is 2.03. The van der Waals surface area contributed by atoms with E-state index in [0.29, 0.717) is 13.0 Å². The number of aldehydes is 1. The maximum absolute atomic E-state index is 10.5.